The lowest BCUT2D eigenvalue weighted by Gasteiger charge is -2.12. The van der Waals surface area contributed by atoms with Crippen molar-refractivity contribution in [2.75, 3.05) is 0 Å². The molecule has 6 heteroatoms. The van der Waals surface area contributed by atoms with Gasteiger partial charge in [0.05, 0.1) is 0 Å². The van der Waals surface area contributed by atoms with Crippen LogP contribution in [-0.4, -0.2) is 20.2 Å². The standard InChI is InChI=1S/C9H11N5O/c1-14-9(11-12-13-14)8(10)15-7-5-3-2-4-6-7/h2-6,8H,10H2,1H3. The Morgan fingerprint density at radius 3 is 2.67 bits per heavy atom. The van der Waals surface area contributed by atoms with Crippen LogP contribution in [0.15, 0.2) is 30.3 Å². The SMILES string of the molecule is Cn1nnnc1C(N)Oc1ccccc1. The lowest BCUT2D eigenvalue weighted by atomic mass is 10.3. The second kappa shape index (κ2) is 4.05. The minimum atomic E-state index is -0.660. The van der Waals surface area contributed by atoms with Gasteiger partial charge < -0.3 is 4.74 Å². The Morgan fingerprint density at radius 2 is 2.07 bits per heavy atom. The highest BCUT2D eigenvalue weighted by Gasteiger charge is 2.14. The van der Waals surface area contributed by atoms with Crippen LogP contribution in [0.1, 0.15) is 12.1 Å². The molecule has 1 unspecified atom stereocenters. The van der Waals surface area contributed by atoms with Crippen LogP contribution >= 0.6 is 0 Å². The highest BCUT2D eigenvalue weighted by Crippen LogP contribution is 2.15. The van der Waals surface area contributed by atoms with Crippen molar-refractivity contribution < 1.29 is 4.74 Å². The summed E-state index contributed by atoms with van der Waals surface area (Å²) in [6.45, 7) is 0. The predicted octanol–water partition coefficient (Wildman–Crippen LogP) is 0.246. The van der Waals surface area contributed by atoms with Crippen molar-refractivity contribution in [2.45, 2.75) is 6.23 Å². The van der Waals surface area contributed by atoms with Gasteiger partial charge in [-0.25, -0.2) is 4.68 Å². The van der Waals surface area contributed by atoms with Gasteiger partial charge in [0.2, 0.25) is 12.1 Å². The lowest BCUT2D eigenvalue weighted by Crippen LogP contribution is -2.21. The molecule has 2 N–H and O–H groups in total. The molecule has 0 fully saturated rings. The number of benzene rings is 1. The highest BCUT2D eigenvalue weighted by atomic mass is 16.5. The van der Waals surface area contributed by atoms with Gasteiger partial charge >= 0.3 is 0 Å². The third-order valence-electron chi connectivity index (χ3n) is 1.91. The number of ether oxygens (including phenoxy) is 1. The Bertz CT molecular complexity index is 427. The molecule has 1 aromatic carbocycles. The molecule has 0 aliphatic carbocycles. The first kappa shape index (κ1) is 9.60. The fraction of sp³-hybridized carbons (Fsp3) is 0.222. The fourth-order valence-corrected chi connectivity index (χ4v) is 1.18. The maximum absolute atomic E-state index is 5.79. The Labute approximate surface area is 86.7 Å². The molecule has 0 saturated carbocycles. The number of nitrogens with zero attached hydrogens (tertiary/aromatic N) is 4. The molecule has 1 heterocycles. The van der Waals surface area contributed by atoms with Gasteiger partial charge in [0.25, 0.3) is 0 Å². The third kappa shape index (κ3) is 2.10. The van der Waals surface area contributed by atoms with Crippen molar-refractivity contribution in [2.24, 2.45) is 12.8 Å². The molecule has 6 nitrogen and oxygen atoms in total. The van der Waals surface area contributed by atoms with E-state index in [2.05, 4.69) is 15.5 Å². The maximum Gasteiger partial charge on any atom is 0.210 e. The smallest absolute Gasteiger partial charge is 0.210 e. The van der Waals surface area contributed by atoms with Crippen molar-refractivity contribution in [3.63, 3.8) is 0 Å². The quantitative estimate of drug-likeness (QED) is 0.726. The van der Waals surface area contributed by atoms with E-state index in [1.807, 2.05) is 30.3 Å². The van der Waals surface area contributed by atoms with Crippen LogP contribution < -0.4 is 10.5 Å². The summed E-state index contributed by atoms with van der Waals surface area (Å²) in [5, 5.41) is 10.9. The summed E-state index contributed by atoms with van der Waals surface area (Å²) in [4.78, 5) is 0. The van der Waals surface area contributed by atoms with E-state index in [0.717, 1.165) is 0 Å². The zero-order valence-corrected chi connectivity index (χ0v) is 8.24. The van der Waals surface area contributed by atoms with Crippen LogP contribution in [0.5, 0.6) is 5.75 Å². The number of aromatic nitrogens is 4. The van der Waals surface area contributed by atoms with Crippen LogP contribution in [0.3, 0.4) is 0 Å². The Kier molecular flexibility index (Phi) is 2.59. The molecule has 0 spiro atoms. The maximum atomic E-state index is 5.79. The van der Waals surface area contributed by atoms with E-state index in [0.29, 0.717) is 11.6 Å². The Hall–Kier alpha value is -1.95. The molecular formula is C9H11N5O. The average Bonchev–Trinajstić information content (AvgIpc) is 2.66. The highest BCUT2D eigenvalue weighted by molar-refractivity contribution is 5.21. The summed E-state index contributed by atoms with van der Waals surface area (Å²) < 4.78 is 6.93. The van der Waals surface area contributed by atoms with Crippen LogP contribution in [0.25, 0.3) is 0 Å². The van der Waals surface area contributed by atoms with Gasteiger partial charge in [-0.2, -0.15) is 0 Å². The number of rotatable bonds is 3. The first-order valence-corrected chi connectivity index (χ1v) is 4.47. The molecule has 1 atom stereocenters. The third-order valence-corrected chi connectivity index (χ3v) is 1.91. The number of hydrogen-bond donors (Lipinski definition) is 1. The van der Waals surface area contributed by atoms with Crippen LogP contribution in [0.4, 0.5) is 0 Å². The number of aryl methyl sites for hydroxylation is 1. The predicted molar refractivity (Wildman–Crippen MR) is 52.8 cm³/mol. The van der Waals surface area contributed by atoms with Gasteiger partial charge in [0.15, 0.2) is 0 Å². The second-order valence-corrected chi connectivity index (χ2v) is 3.01. The Morgan fingerprint density at radius 1 is 1.33 bits per heavy atom. The van der Waals surface area contributed by atoms with E-state index < -0.39 is 6.23 Å². The fourth-order valence-electron chi connectivity index (χ4n) is 1.18. The van der Waals surface area contributed by atoms with Gasteiger partial charge in [0, 0.05) is 7.05 Å². The summed E-state index contributed by atoms with van der Waals surface area (Å²) >= 11 is 0. The average molecular weight is 205 g/mol. The zero-order valence-electron chi connectivity index (χ0n) is 8.24. The summed E-state index contributed by atoms with van der Waals surface area (Å²) in [6.07, 6.45) is -0.660. The van der Waals surface area contributed by atoms with Crippen molar-refractivity contribution in [3.05, 3.63) is 36.2 Å². The minimum absolute atomic E-state index is 0.485. The molecule has 0 saturated heterocycles. The van der Waals surface area contributed by atoms with Crippen LogP contribution in [0, 0.1) is 0 Å². The summed E-state index contributed by atoms with van der Waals surface area (Å²) in [6, 6.07) is 9.30. The Balaban J connectivity index is 2.11. The van der Waals surface area contributed by atoms with Gasteiger partial charge in [0.1, 0.15) is 5.75 Å². The molecular weight excluding hydrogens is 194 g/mol. The molecule has 15 heavy (non-hydrogen) atoms. The van der Waals surface area contributed by atoms with Crippen molar-refractivity contribution >= 4 is 0 Å². The summed E-state index contributed by atoms with van der Waals surface area (Å²) in [7, 11) is 1.71. The number of nitrogens with two attached hydrogens (primary N) is 1. The molecule has 0 amide bonds. The van der Waals surface area contributed by atoms with Gasteiger partial charge in [-0.1, -0.05) is 18.2 Å². The van der Waals surface area contributed by atoms with E-state index in [1.54, 1.807) is 7.05 Å². The first-order valence-electron chi connectivity index (χ1n) is 4.47. The van der Waals surface area contributed by atoms with E-state index in [1.165, 1.54) is 4.68 Å². The molecule has 0 radical (unpaired) electrons. The van der Waals surface area contributed by atoms with E-state index in [9.17, 15) is 0 Å². The molecule has 0 bridgehead atoms. The topological polar surface area (TPSA) is 78.9 Å². The monoisotopic (exact) mass is 205 g/mol. The van der Waals surface area contributed by atoms with Crippen LogP contribution in [-0.2, 0) is 7.05 Å². The number of tetrazole rings is 1. The largest absolute Gasteiger partial charge is 0.468 e. The molecule has 1 aromatic heterocycles. The molecule has 2 aromatic rings. The minimum Gasteiger partial charge on any atom is -0.468 e. The summed E-state index contributed by atoms with van der Waals surface area (Å²) in [5.41, 5.74) is 5.79. The van der Waals surface area contributed by atoms with Crippen molar-refractivity contribution in [3.8, 4) is 5.75 Å². The van der Waals surface area contributed by atoms with Gasteiger partial charge in [-0.15, -0.1) is 5.10 Å². The van der Waals surface area contributed by atoms with E-state index in [4.69, 9.17) is 10.5 Å². The second-order valence-electron chi connectivity index (χ2n) is 3.01. The normalized spacial score (nSPS) is 12.4. The van der Waals surface area contributed by atoms with Crippen LogP contribution in [0.2, 0.25) is 0 Å². The van der Waals surface area contributed by atoms with E-state index >= 15 is 0 Å². The molecule has 0 aliphatic heterocycles. The molecule has 78 valence electrons. The van der Waals surface area contributed by atoms with Crippen molar-refractivity contribution in [1.82, 2.24) is 20.2 Å². The first-order chi connectivity index (χ1) is 7.27. The number of para-hydroxylation sites is 1. The lowest BCUT2D eigenvalue weighted by molar-refractivity contribution is 0.198. The van der Waals surface area contributed by atoms with Gasteiger partial charge in [-0.3, -0.25) is 5.73 Å². The van der Waals surface area contributed by atoms with Crippen molar-refractivity contribution in [1.29, 1.82) is 0 Å². The summed E-state index contributed by atoms with van der Waals surface area (Å²) in [5.74, 6) is 1.17. The van der Waals surface area contributed by atoms with E-state index in [-0.39, 0.29) is 0 Å². The number of hydrogen-bond acceptors (Lipinski definition) is 5. The molecule has 0 aliphatic rings. The molecule has 2 rings (SSSR count). The van der Waals surface area contributed by atoms with Gasteiger partial charge in [-0.05, 0) is 22.6 Å². The zero-order chi connectivity index (χ0) is 10.7.